The fraction of sp³-hybridized carbons (Fsp3) is 0.750. The molecule has 2 aliphatic rings. The molecule has 3 rings (SSSR count). The van der Waals surface area contributed by atoms with Crippen molar-refractivity contribution in [3.05, 3.63) is 16.9 Å². The molecule has 5 unspecified atom stereocenters. The van der Waals surface area contributed by atoms with Crippen molar-refractivity contribution in [2.45, 2.75) is 56.9 Å². The van der Waals surface area contributed by atoms with E-state index in [-0.39, 0.29) is 6.54 Å². The maximum absolute atomic E-state index is 10.2. The van der Waals surface area contributed by atoms with Crippen LogP contribution in [-0.2, 0) is 20.8 Å². The zero-order chi connectivity index (χ0) is 14.5. The highest BCUT2D eigenvalue weighted by Gasteiger charge is 2.55. The summed E-state index contributed by atoms with van der Waals surface area (Å²) in [5.41, 5.74) is 0. The maximum atomic E-state index is 10.2. The van der Waals surface area contributed by atoms with Crippen LogP contribution in [0.5, 0.6) is 0 Å². The minimum absolute atomic E-state index is 0.218. The Morgan fingerprint density at radius 2 is 2.25 bits per heavy atom. The highest BCUT2D eigenvalue weighted by atomic mass is 79.9. The van der Waals surface area contributed by atoms with E-state index in [9.17, 15) is 10.2 Å². The second-order valence-electron chi connectivity index (χ2n) is 5.51. The third-order valence-electron chi connectivity index (χ3n) is 3.41. The zero-order valence-electron chi connectivity index (χ0n) is 11.1. The number of halogens is 1. The van der Waals surface area contributed by atoms with Gasteiger partial charge in [-0.05, 0) is 29.8 Å². The summed E-state index contributed by atoms with van der Waals surface area (Å²) in [4.78, 5) is 0. The van der Waals surface area contributed by atoms with Gasteiger partial charge in [-0.15, -0.1) is 0 Å². The molecular formula is C12H17BrN2O5. The van der Waals surface area contributed by atoms with Crippen LogP contribution in [0.1, 0.15) is 13.8 Å². The second-order valence-corrected chi connectivity index (χ2v) is 6.42. The predicted octanol–water partition coefficient (Wildman–Crippen LogP) is 0.244. The molecule has 2 aliphatic heterocycles. The third-order valence-corrected chi connectivity index (χ3v) is 3.82. The van der Waals surface area contributed by atoms with Crippen LogP contribution in [-0.4, -0.2) is 56.5 Å². The lowest BCUT2D eigenvalue weighted by molar-refractivity contribution is -0.226. The Balaban J connectivity index is 1.64. The van der Waals surface area contributed by atoms with E-state index in [2.05, 4.69) is 21.0 Å². The lowest BCUT2D eigenvalue weighted by Crippen LogP contribution is -2.42. The summed E-state index contributed by atoms with van der Waals surface area (Å²) >= 11 is 3.28. The van der Waals surface area contributed by atoms with Crippen LogP contribution in [0.15, 0.2) is 16.9 Å². The van der Waals surface area contributed by atoms with E-state index in [0.29, 0.717) is 0 Å². The summed E-state index contributed by atoms with van der Waals surface area (Å²) < 4.78 is 19.1. The van der Waals surface area contributed by atoms with Crippen LogP contribution < -0.4 is 0 Å². The molecule has 2 saturated heterocycles. The van der Waals surface area contributed by atoms with Crippen molar-refractivity contribution in [2.75, 3.05) is 0 Å². The molecule has 112 valence electrons. The first kappa shape index (κ1) is 14.4. The van der Waals surface area contributed by atoms with E-state index in [1.165, 1.54) is 0 Å². The Hall–Kier alpha value is -0.510. The Labute approximate surface area is 124 Å². The van der Waals surface area contributed by atoms with E-state index in [1.54, 1.807) is 30.9 Å². The normalized spacial score (nSPS) is 37.0. The highest BCUT2D eigenvalue weighted by Crippen LogP contribution is 2.38. The number of fused-ring (bicyclic) bond motifs is 1. The third kappa shape index (κ3) is 2.63. The maximum Gasteiger partial charge on any atom is 0.190 e. The fourth-order valence-electron chi connectivity index (χ4n) is 2.57. The van der Waals surface area contributed by atoms with Gasteiger partial charge in [0, 0.05) is 6.20 Å². The number of hydrogen-bond donors (Lipinski definition) is 2. The predicted molar refractivity (Wildman–Crippen MR) is 70.6 cm³/mol. The SMILES string of the molecule is CC1(C)OC2OC(C(O)Cn3cc(Br)cn3)C(O)C2O1. The molecule has 20 heavy (non-hydrogen) atoms. The van der Waals surface area contributed by atoms with Gasteiger partial charge in [0.2, 0.25) is 0 Å². The Bertz CT molecular complexity index is 494. The standard InChI is InChI=1S/C12H17BrN2O5/c1-12(2)19-10-8(17)9(18-11(10)20-12)7(16)5-15-4-6(13)3-14-15/h3-4,7-11,16-17H,5H2,1-2H3. The van der Waals surface area contributed by atoms with Crippen LogP contribution in [0.4, 0.5) is 0 Å². The molecule has 5 atom stereocenters. The zero-order valence-corrected chi connectivity index (χ0v) is 12.7. The summed E-state index contributed by atoms with van der Waals surface area (Å²) in [6, 6.07) is 0. The molecule has 1 aromatic rings. The molecule has 0 saturated carbocycles. The molecular weight excluding hydrogens is 332 g/mol. The molecule has 0 aliphatic carbocycles. The first-order chi connectivity index (χ1) is 9.35. The quantitative estimate of drug-likeness (QED) is 0.813. The number of rotatable bonds is 3. The van der Waals surface area contributed by atoms with E-state index in [1.807, 2.05) is 0 Å². The molecule has 0 radical (unpaired) electrons. The van der Waals surface area contributed by atoms with Crippen molar-refractivity contribution in [3.8, 4) is 0 Å². The van der Waals surface area contributed by atoms with Gasteiger partial charge in [0.15, 0.2) is 12.1 Å². The van der Waals surface area contributed by atoms with E-state index in [0.717, 1.165) is 4.47 Å². The summed E-state index contributed by atoms with van der Waals surface area (Å²) in [5, 5.41) is 24.5. The van der Waals surface area contributed by atoms with Gasteiger partial charge in [-0.25, -0.2) is 0 Å². The van der Waals surface area contributed by atoms with Gasteiger partial charge in [0.1, 0.15) is 24.4 Å². The van der Waals surface area contributed by atoms with Gasteiger partial charge in [-0.2, -0.15) is 5.10 Å². The lowest BCUT2D eigenvalue weighted by atomic mass is 10.1. The van der Waals surface area contributed by atoms with Gasteiger partial charge in [0.25, 0.3) is 0 Å². The van der Waals surface area contributed by atoms with Crippen LogP contribution in [0.25, 0.3) is 0 Å². The fourth-order valence-corrected chi connectivity index (χ4v) is 2.90. The number of ether oxygens (including phenoxy) is 3. The Kier molecular flexibility index (Phi) is 3.64. The molecule has 0 bridgehead atoms. The van der Waals surface area contributed by atoms with Crippen molar-refractivity contribution < 1.29 is 24.4 Å². The largest absolute Gasteiger partial charge is 0.388 e. The number of nitrogens with zero attached hydrogens (tertiary/aromatic N) is 2. The summed E-state index contributed by atoms with van der Waals surface area (Å²) in [6.45, 7) is 3.73. The molecule has 2 fully saturated rings. The van der Waals surface area contributed by atoms with Crippen LogP contribution in [0.3, 0.4) is 0 Å². The summed E-state index contributed by atoms with van der Waals surface area (Å²) in [5.74, 6) is -0.779. The Morgan fingerprint density at radius 3 is 2.85 bits per heavy atom. The van der Waals surface area contributed by atoms with Crippen molar-refractivity contribution >= 4 is 15.9 Å². The van der Waals surface area contributed by atoms with Gasteiger partial charge in [-0.1, -0.05) is 0 Å². The summed E-state index contributed by atoms with van der Waals surface area (Å²) in [6.07, 6.45) is -0.459. The molecule has 0 amide bonds. The molecule has 3 heterocycles. The lowest BCUT2D eigenvalue weighted by Gasteiger charge is -2.25. The van der Waals surface area contributed by atoms with Crippen LogP contribution in [0.2, 0.25) is 0 Å². The van der Waals surface area contributed by atoms with Crippen molar-refractivity contribution in [3.63, 3.8) is 0 Å². The van der Waals surface area contributed by atoms with Crippen LogP contribution >= 0.6 is 15.9 Å². The van der Waals surface area contributed by atoms with E-state index in [4.69, 9.17) is 14.2 Å². The molecule has 2 N–H and O–H groups in total. The molecule has 7 nitrogen and oxygen atoms in total. The molecule has 0 aromatic carbocycles. The van der Waals surface area contributed by atoms with E-state index >= 15 is 0 Å². The molecule has 8 heteroatoms. The second kappa shape index (κ2) is 5.04. The molecule has 0 spiro atoms. The van der Waals surface area contributed by atoms with Crippen molar-refractivity contribution in [1.82, 2.24) is 9.78 Å². The Morgan fingerprint density at radius 1 is 1.50 bits per heavy atom. The number of aliphatic hydroxyl groups is 2. The van der Waals surface area contributed by atoms with E-state index < -0.39 is 36.5 Å². The topological polar surface area (TPSA) is 86.0 Å². The van der Waals surface area contributed by atoms with Gasteiger partial charge < -0.3 is 24.4 Å². The highest BCUT2D eigenvalue weighted by molar-refractivity contribution is 9.10. The van der Waals surface area contributed by atoms with Gasteiger partial charge in [0.05, 0.1) is 17.2 Å². The van der Waals surface area contributed by atoms with Crippen molar-refractivity contribution in [2.24, 2.45) is 0 Å². The van der Waals surface area contributed by atoms with Crippen molar-refractivity contribution in [1.29, 1.82) is 0 Å². The summed E-state index contributed by atoms with van der Waals surface area (Å²) in [7, 11) is 0. The minimum atomic E-state index is -0.934. The molecule has 1 aromatic heterocycles. The van der Waals surface area contributed by atoms with Gasteiger partial charge >= 0.3 is 0 Å². The smallest absolute Gasteiger partial charge is 0.190 e. The number of aromatic nitrogens is 2. The first-order valence-electron chi connectivity index (χ1n) is 6.41. The monoisotopic (exact) mass is 348 g/mol. The van der Waals surface area contributed by atoms with Gasteiger partial charge in [-0.3, -0.25) is 4.68 Å². The van der Waals surface area contributed by atoms with Crippen LogP contribution in [0, 0.1) is 0 Å². The number of hydrogen-bond acceptors (Lipinski definition) is 6. The average molecular weight is 349 g/mol. The average Bonchev–Trinajstić information content (AvgIpc) is 2.95. The number of aliphatic hydroxyl groups excluding tert-OH is 2. The minimum Gasteiger partial charge on any atom is -0.388 e. The first-order valence-corrected chi connectivity index (χ1v) is 7.20.